The zero-order chi connectivity index (χ0) is 22.4. The number of alkyl halides is 3. The fourth-order valence-corrected chi connectivity index (χ4v) is 4.97. The average Bonchev–Trinajstić information content (AvgIpc) is 3.41. The van der Waals surface area contributed by atoms with Gasteiger partial charge in [0.1, 0.15) is 6.10 Å². The number of carbonyl (C=O) groups is 2. The zero-order valence-electron chi connectivity index (χ0n) is 17.0. The maximum Gasteiger partial charge on any atom is 0.490 e. The number of halogens is 3. The molecule has 3 aliphatic heterocycles. The molecule has 174 valence electrons. The highest BCUT2D eigenvalue weighted by atomic mass is 32.1. The van der Waals surface area contributed by atoms with Crippen LogP contribution in [-0.2, 0) is 25.6 Å². The summed E-state index contributed by atoms with van der Waals surface area (Å²) in [6.07, 6.45) is 0.0782. The van der Waals surface area contributed by atoms with Crippen molar-refractivity contribution in [3.05, 3.63) is 22.4 Å². The molecule has 3 atom stereocenters. The monoisotopic (exact) mass is 464 g/mol. The van der Waals surface area contributed by atoms with Crippen LogP contribution < -0.4 is 5.32 Å². The van der Waals surface area contributed by atoms with Crippen LogP contribution in [0.5, 0.6) is 0 Å². The lowest BCUT2D eigenvalue weighted by Gasteiger charge is -2.40. The van der Waals surface area contributed by atoms with Crippen molar-refractivity contribution in [3.8, 4) is 0 Å². The van der Waals surface area contributed by atoms with Gasteiger partial charge in [0.2, 0.25) is 5.91 Å². The van der Waals surface area contributed by atoms with Gasteiger partial charge < -0.3 is 19.9 Å². The van der Waals surface area contributed by atoms with E-state index >= 15 is 0 Å². The predicted octanol–water partition coefficient (Wildman–Crippen LogP) is 2.80. The lowest BCUT2D eigenvalue weighted by Crippen LogP contribution is -2.50. The number of carbonyl (C=O) groups excluding carboxylic acids is 1. The Bertz CT molecular complexity index is 725. The van der Waals surface area contributed by atoms with Crippen molar-refractivity contribution in [2.45, 2.75) is 69.1 Å². The summed E-state index contributed by atoms with van der Waals surface area (Å²) in [5.41, 5.74) is 0. The van der Waals surface area contributed by atoms with Gasteiger partial charge in [-0.2, -0.15) is 13.2 Å². The number of amides is 1. The predicted molar refractivity (Wildman–Crippen MR) is 107 cm³/mol. The maximum atomic E-state index is 12.4. The molecule has 3 aliphatic rings. The highest BCUT2D eigenvalue weighted by molar-refractivity contribution is 7.09. The number of hydrogen-bond acceptors (Lipinski definition) is 6. The molecule has 4 rings (SSSR count). The molecule has 2 N–H and O–H groups in total. The van der Waals surface area contributed by atoms with Gasteiger partial charge in [0.15, 0.2) is 0 Å². The van der Waals surface area contributed by atoms with Crippen molar-refractivity contribution in [2.75, 3.05) is 19.8 Å². The fourth-order valence-electron chi connectivity index (χ4n) is 4.32. The van der Waals surface area contributed by atoms with Gasteiger partial charge in [0.25, 0.3) is 0 Å². The number of thiophene rings is 1. The number of aliphatic carboxylic acids is 1. The Kier molecular flexibility index (Phi) is 8.31. The van der Waals surface area contributed by atoms with E-state index in [1.54, 1.807) is 11.3 Å². The van der Waals surface area contributed by atoms with Gasteiger partial charge in [0.05, 0.1) is 12.6 Å². The minimum atomic E-state index is -5.08. The van der Waals surface area contributed by atoms with E-state index in [1.165, 1.54) is 4.88 Å². The molecule has 1 amide bonds. The van der Waals surface area contributed by atoms with Crippen LogP contribution in [0, 0.1) is 0 Å². The Morgan fingerprint density at radius 1 is 1.19 bits per heavy atom. The second-order valence-corrected chi connectivity index (χ2v) is 8.81. The van der Waals surface area contributed by atoms with Crippen LogP contribution in [0.25, 0.3) is 0 Å². The third-order valence-corrected chi connectivity index (χ3v) is 6.68. The number of carboxylic acids is 1. The summed E-state index contributed by atoms with van der Waals surface area (Å²) in [4.78, 5) is 25.1. The van der Waals surface area contributed by atoms with Gasteiger partial charge in [-0.3, -0.25) is 9.69 Å². The van der Waals surface area contributed by atoms with E-state index in [-0.39, 0.29) is 18.1 Å². The Hall–Kier alpha value is -1.69. The van der Waals surface area contributed by atoms with Gasteiger partial charge >= 0.3 is 12.1 Å². The molecular formula is C20H27F3N2O5S. The highest BCUT2D eigenvalue weighted by Crippen LogP contribution is 2.34. The first-order valence-electron chi connectivity index (χ1n) is 10.3. The van der Waals surface area contributed by atoms with Crippen molar-refractivity contribution < 1.29 is 37.3 Å². The van der Waals surface area contributed by atoms with Gasteiger partial charge in [0, 0.05) is 36.7 Å². The van der Waals surface area contributed by atoms with E-state index in [4.69, 9.17) is 19.4 Å². The molecule has 0 bridgehead atoms. The molecule has 7 nitrogen and oxygen atoms in total. The molecular weight excluding hydrogens is 437 g/mol. The molecule has 3 saturated heterocycles. The average molecular weight is 465 g/mol. The summed E-state index contributed by atoms with van der Waals surface area (Å²) in [6, 6.07) is 5.19. The fraction of sp³-hybridized carbons (Fsp3) is 0.700. The normalized spacial score (nSPS) is 27.1. The Labute approximate surface area is 182 Å². The number of fused-ring (bicyclic) bond motifs is 1. The van der Waals surface area contributed by atoms with E-state index in [0.29, 0.717) is 18.6 Å². The summed E-state index contributed by atoms with van der Waals surface area (Å²) in [5, 5.41) is 12.2. The Morgan fingerprint density at radius 2 is 1.90 bits per heavy atom. The second-order valence-electron chi connectivity index (χ2n) is 7.78. The summed E-state index contributed by atoms with van der Waals surface area (Å²) in [6.45, 7) is 3.47. The molecule has 3 fully saturated rings. The molecule has 11 heteroatoms. The molecule has 0 unspecified atom stereocenters. The molecule has 0 spiro atoms. The van der Waals surface area contributed by atoms with Crippen LogP contribution in [0.15, 0.2) is 17.5 Å². The van der Waals surface area contributed by atoms with Crippen LogP contribution in [0.4, 0.5) is 13.2 Å². The van der Waals surface area contributed by atoms with Crippen molar-refractivity contribution in [3.63, 3.8) is 0 Å². The van der Waals surface area contributed by atoms with Crippen molar-refractivity contribution in [2.24, 2.45) is 0 Å². The first-order chi connectivity index (χ1) is 14.8. The molecule has 0 aliphatic carbocycles. The van der Waals surface area contributed by atoms with Crippen molar-refractivity contribution in [1.82, 2.24) is 10.2 Å². The summed E-state index contributed by atoms with van der Waals surface area (Å²) >= 11 is 1.67. The molecule has 0 saturated carbocycles. The number of hydrogen-bond donors (Lipinski definition) is 2. The SMILES string of the molecule is O=C(NCc1cccs1)[C@@H]1CC[C@@H]2[C@@H](CCN2C2CCOCC2)O1.O=C(O)C(F)(F)F. The molecule has 31 heavy (non-hydrogen) atoms. The quantitative estimate of drug-likeness (QED) is 0.713. The number of rotatable bonds is 4. The van der Waals surface area contributed by atoms with Crippen LogP contribution in [0.2, 0.25) is 0 Å². The van der Waals surface area contributed by atoms with Crippen LogP contribution in [0.1, 0.15) is 37.0 Å². The van der Waals surface area contributed by atoms with E-state index in [1.807, 2.05) is 17.5 Å². The van der Waals surface area contributed by atoms with Crippen LogP contribution >= 0.6 is 11.3 Å². The highest BCUT2D eigenvalue weighted by Gasteiger charge is 2.44. The first-order valence-corrected chi connectivity index (χ1v) is 11.2. The first kappa shape index (κ1) is 24.0. The number of carboxylic acid groups (broad SMARTS) is 1. The second kappa shape index (κ2) is 10.8. The zero-order valence-corrected chi connectivity index (χ0v) is 17.8. The Morgan fingerprint density at radius 3 is 2.52 bits per heavy atom. The van der Waals surface area contributed by atoms with Crippen molar-refractivity contribution >= 4 is 23.2 Å². The van der Waals surface area contributed by atoms with Crippen LogP contribution in [-0.4, -0.2) is 72.1 Å². The molecule has 0 radical (unpaired) electrons. The minimum absolute atomic E-state index is 0.0476. The van der Waals surface area contributed by atoms with E-state index in [0.717, 1.165) is 51.9 Å². The van der Waals surface area contributed by atoms with E-state index < -0.39 is 12.1 Å². The largest absolute Gasteiger partial charge is 0.490 e. The Balaban J connectivity index is 0.000000339. The van der Waals surface area contributed by atoms with E-state index in [2.05, 4.69) is 10.2 Å². The van der Waals surface area contributed by atoms with Crippen molar-refractivity contribution in [1.29, 1.82) is 0 Å². The topological polar surface area (TPSA) is 88.1 Å². The summed E-state index contributed by atoms with van der Waals surface area (Å²) in [5.74, 6) is -2.71. The van der Waals surface area contributed by atoms with Crippen LogP contribution in [0.3, 0.4) is 0 Å². The van der Waals surface area contributed by atoms with Gasteiger partial charge in [-0.05, 0) is 43.6 Å². The third kappa shape index (κ3) is 6.64. The summed E-state index contributed by atoms with van der Waals surface area (Å²) < 4.78 is 43.4. The number of nitrogens with zero attached hydrogens (tertiary/aromatic N) is 1. The van der Waals surface area contributed by atoms with Gasteiger partial charge in [-0.15, -0.1) is 11.3 Å². The number of likely N-dealkylation sites (tertiary alicyclic amines) is 1. The summed E-state index contributed by atoms with van der Waals surface area (Å²) in [7, 11) is 0. The molecule has 1 aromatic heterocycles. The van der Waals surface area contributed by atoms with Gasteiger partial charge in [-0.25, -0.2) is 4.79 Å². The smallest absolute Gasteiger partial charge is 0.475 e. The van der Waals surface area contributed by atoms with E-state index in [9.17, 15) is 18.0 Å². The maximum absolute atomic E-state index is 12.4. The number of ether oxygens (including phenoxy) is 2. The molecule has 4 heterocycles. The third-order valence-electron chi connectivity index (χ3n) is 5.80. The standard InChI is InChI=1S/C18H26N2O3S.C2HF3O2/c21-18(19-12-14-2-1-11-24-14)17-4-3-15-16(23-17)5-8-20(15)13-6-9-22-10-7-13;3-2(4,5)1(6)7/h1-2,11,13,15-17H,3-10,12H2,(H,19,21);(H,6,7)/t15-,16-,17+;/m1./s1. The lowest BCUT2D eigenvalue weighted by molar-refractivity contribution is -0.192. The molecule has 1 aromatic rings. The van der Waals surface area contributed by atoms with Gasteiger partial charge in [-0.1, -0.05) is 6.07 Å². The lowest BCUT2D eigenvalue weighted by atomic mass is 9.96. The number of nitrogens with one attached hydrogen (secondary N) is 1. The minimum Gasteiger partial charge on any atom is -0.475 e. The molecule has 0 aromatic carbocycles.